The van der Waals surface area contributed by atoms with Gasteiger partial charge in [0.25, 0.3) is 0 Å². The number of alkyl halides is 3. The van der Waals surface area contributed by atoms with Crippen molar-refractivity contribution in [2.75, 3.05) is 23.3 Å². The SMILES string of the molecule is CC1CCN(c2nc(C(F)(F)F)ccc2CNC(=O)Nc2ccc(CNN(O)NC(=O)OC(C)(C)C)c(F)c2)CC1. The summed E-state index contributed by atoms with van der Waals surface area (Å²) >= 11 is 0. The fourth-order valence-corrected chi connectivity index (χ4v) is 3.97. The maximum atomic E-state index is 14.6. The third kappa shape index (κ3) is 10.0. The minimum absolute atomic E-state index is 0.0974. The fourth-order valence-electron chi connectivity index (χ4n) is 3.97. The highest BCUT2D eigenvalue weighted by Crippen LogP contribution is 2.32. The van der Waals surface area contributed by atoms with Crippen LogP contribution in [-0.4, -0.2) is 46.3 Å². The predicted molar refractivity (Wildman–Crippen MR) is 142 cm³/mol. The second-order valence-corrected chi connectivity index (χ2v) is 10.7. The highest BCUT2D eigenvalue weighted by atomic mass is 19.4. The molecule has 0 atom stereocenters. The Morgan fingerprint density at radius 1 is 1.10 bits per heavy atom. The molecule has 0 saturated carbocycles. The number of hydrogen-bond acceptors (Lipinski definition) is 8. The van der Waals surface area contributed by atoms with Crippen molar-refractivity contribution in [1.29, 1.82) is 0 Å². The highest BCUT2D eigenvalue weighted by molar-refractivity contribution is 5.89. The summed E-state index contributed by atoms with van der Waals surface area (Å²) in [6, 6.07) is 5.31. The van der Waals surface area contributed by atoms with Crippen molar-refractivity contribution in [3.63, 3.8) is 0 Å². The molecule has 1 fully saturated rings. The maximum Gasteiger partial charge on any atom is 0.433 e. The third-order valence-corrected chi connectivity index (χ3v) is 6.10. The maximum absolute atomic E-state index is 14.6. The van der Waals surface area contributed by atoms with Gasteiger partial charge in [0.05, 0.1) is 0 Å². The van der Waals surface area contributed by atoms with Crippen LogP contribution < -0.4 is 26.4 Å². The van der Waals surface area contributed by atoms with Gasteiger partial charge < -0.3 is 20.3 Å². The minimum atomic E-state index is -4.60. The summed E-state index contributed by atoms with van der Waals surface area (Å²) in [7, 11) is 0. The number of benzene rings is 1. The van der Waals surface area contributed by atoms with E-state index in [1.807, 2.05) is 5.43 Å². The molecular formula is C26H35F4N7O4. The van der Waals surface area contributed by atoms with E-state index in [0.717, 1.165) is 25.0 Å². The number of rotatable bonds is 8. The summed E-state index contributed by atoms with van der Waals surface area (Å²) in [6.07, 6.45) is -3.89. The van der Waals surface area contributed by atoms with Crippen LogP contribution in [0.15, 0.2) is 30.3 Å². The smallest absolute Gasteiger partial charge is 0.433 e. The predicted octanol–water partition coefficient (Wildman–Crippen LogP) is 4.93. The first kappa shape index (κ1) is 31.8. The first-order valence-corrected chi connectivity index (χ1v) is 13.0. The number of halogens is 4. The van der Waals surface area contributed by atoms with Crippen LogP contribution in [0, 0.1) is 11.7 Å². The Balaban J connectivity index is 1.57. The Bertz CT molecular complexity index is 1220. The lowest BCUT2D eigenvalue weighted by molar-refractivity contribution is -0.177. The van der Waals surface area contributed by atoms with Crippen molar-refractivity contribution in [1.82, 2.24) is 26.4 Å². The molecule has 0 radical (unpaired) electrons. The quantitative estimate of drug-likeness (QED) is 0.218. The average Bonchev–Trinajstić information content (AvgIpc) is 2.85. The van der Waals surface area contributed by atoms with Crippen molar-refractivity contribution in [3.05, 3.63) is 53.0 Å². The van der Waals surface area contributed by atoms with Gasteiger partial charge in [0, 0.05) is 43.0 Å². The van der Waals surface area contributed by atoms with Crippen LogP contribution in [0.5, 0.6) is 0 Å². The molecule has 15 heteroatoms. The van der Waals surface area contributed by atoms with E-state index in [0.29, 0.717) is 24.6 Å². The number of pyridine rings is 1. The molecule has 1 aliphatic rings. The highest BCUT2D eigenvalue weighted by Gasteiger charge is 2.34. The molecule has 0 spiro atoms. The van der Waals surface area contributed by atoms with Gasteiger partial charge in [-0.25, -0.2) is 29.8 Å². The monoisotopic (exact) mass is 585 g/mol. The Morgan fingerprint density at radius 3 is 2.37 bits per heavy atom. The lowest BCUT2D eigenvalue weighted by atomic mass is 9.99. The van der Waals surface area contributed by atoms with Gasteiger partial charge in [-0.1, -0.05) is 19.1 Å². The summed E-state index contributed by atoms with van der Waals surface area (Å²) in [4.78, 5) is 29.8. The van der Waals surface area contributed by atoms with Crippen molar-refractivity contribution in [2.45, 2.75) is 65.4 Å². The van der Waals surface area contributed by atoms with Gasteiger partial charge in [0.15, 0.2) is 0 Å². The molecule has 0 bridgehead atoms. The molecule has 2 heterocycles. The van der Waals surface area contributed by atoms with Crippen LogP contribution in [0.1, 0.15) is 57.4 Å². The van der Waals surface area contributed by atoms with Crippen molar-refractivity contribution >= 4 is 23.6 Å². The molecule has 11 nitrogen and oxygen atoms in total. The van der Waals surface area contributed by atoms with Gasteiger partial charge >= 0.3 is 18.3 Å². The molecule has 3 rings (SSSR count). The van der Waals surface area contributed by atoms with Crippen LogP contribution in [-0.2, 0) is 24.0 Å². The molecule has 1 saturated heterocycles. The van der Waals surface area contributed by atoms with Crippen molar-refractivity contribution in [3.8, 4) is 0 Å². The molecule has 5 N–H and O–H groups in total. The Labute approximate surface area is 235 Å². The molecule has 2 aromatic rings. The first-order chi connectivity index (χ1) is 19.1. The number of aromatic nitrogens is 1. The Hall–Kier alpha value is -3.69. The molecule has 0 aliphatic carbocycles. The summed E-state index contributed by atoms with van der Waals surface area (Å²) in [6.45, 7) is 7.81. The average molecular weight is 586 g/mol. The summed E-state index contributed by atoms with van der Waals surface area (Å²) in [5.74, 6) is -0.0769. The lowest BCUT2D eigenvalue weighted by Crippen LogP contribution is -2.49. The van der Waals surface area contributed by atoms with Gasteiger partial charge in [-0.3, -0.25) is 5.21 Å². The third-order valence-electron chi connectivity index (χ3n) is 6.10. The zero-order valence-electron chi connectivity index (χ0n) is 23.2. The lowest BCUT2D eigenvalue weighted by Gasteiger charge is -2.33. The van der Waals surface area contributed by atoms with Crippen LogP contribution in [0.3, 0.4) is 0 Å². The summed E-state index contributed by atoms with van der Waals surface area (Å²) in [5, 5.41) is 15.0. The van der Waals surface area contributed by atoms with Gasteiger partial charge in [-0.15, -0.1) is 0 Å². The van der Waals surface area contributed by atoms with E-state index in [9.17, 15) is 32.4 Å². The van der Waals surface area contributed by atoms with E-state index >= 15 is 0 Å². The second-order valence-electron chi connectivity index (χ2n) is 10.7. The van der Waals surface area contributed by atoms with Crippen molar-refractivity contribution in [2.24, 2.45) is 5.92 Å². The zero-order valence-corrected chi connectivity index (χ0v) is 23.2. The van der Waals surface area contributed by atoms with E-state index < -0.39 is 35.4 Å². The molecule has 41 heavy (non-hydrogen) atoms. The fraction of sp³-hybridized carbons (Fsp3) is 0.500. The Morgan fingerprint density at radius 2 is 1.76 bits per heavy atom. The summed E-state index contributed by atoms with van der Waals surface area (Å²) < 4.78 is 59.5. The molecule has 3 amide bonds. The number of urea groups is 1. The minimum Gasteiger partial charge on any atom is -0.443 e. The van der Waals surface area contributed by atoms with E-state index in [1.165, 1.54) is 18.2 Å². The largest absolute Gasteiger partial charge is 0.443 e. The molecule has 0 unspecified atom stereocenters. The van der Waals surface area contributed by atoms with Crippen molar-refractivity contribution < 1.29 is 37.1 Å². The zero-order chi connectivity index (χ0) is 30.4. The molecular weight excluding hydrogens is 550 g/mol. The van der Waals surface area contributed by atoms with Gasteiger partial charge in [0.2, 0.25) is 0 Å². The number of nitrogens with zero attached hydrogens (tertiary/aromatic N) is 3. The molecule has 1 aromatic heterocycles. The number of carbonyl (C=O) groups is 2. The number of hydrogen-bond donors (Lipinski definition) is 5. The number of nitrogens with one attached hydrogen (secondary N) is 4. The number of carbonyl (C=O) groups excluding carboxylic acids is 2. The topological polar surface area (TPSA) is 131 Å². The number of hydrazine groups is 2. The second kappa shape index (κ2) is 13.3. The van der Waals surface area contributed by atoms with Gasteiger partial charge in [-0.2, -0.15) is 13.2 Å². The van der Waals surface area contributed by atoms with E-state index in [4.69, 9.17) is 4.74 Å². The van der Waals surface area contributed by atoms with Crippen LogP contribution in [0.25, 0.3) is 0 Å². The number of anilines is 2. The van der Waals surface area contributed by atoms with Gasteiger partial charge in [-0.05, 0) is 63.0 Å². The van der Waals surface area contributed by atoms with E-state index in [1.54, 1.807) is 25.7 Å². The van der Waals surface area contributed by atoms with Crippen LogP contribution in [0.4, 0.5) is 38.7 Å². The number of piperidine rings is 1. The van der Waals surface area contributed by atoms with Gasteiger partial charge in [0.1, 0.15) is 22.9 Å². The normalized spacial score (nSPS) is 14.6. The van der Waals surface area contributed by atoms with E-state index in [-0.39, 0.29) is 35.4 Å². The molecule has 1 aliphatic heterocycles. The Kier molecular flexibility index (Phi) is 10.3. The number of ether oxygens (including phenoxy) is 1. The first-order valence-electron chi connectivity index (χ1n) is 13.0. The van der Waals surface area contributed by atoms with Crippen LogP contribution in [0.2, 0.25) is 0 Å². The molecule has 226 valence electrons. The molecule has 1 aromatic carbocycles. The number of amides is 3. The summed E-state index contributed by atoms with van der Waals surface area (Å²) in [5.41, 5.74) is 3.21. The standard InChI is InChI=1S/C26H35F4N7O4/c1-16-9-11-36(12-10-16)22-18(6-8-21(34-22)26(28,29)30)14-31-23(38)33-19-7-5-17(20(27)13-19)15-32-37(40)35-24(39)41-25(2,3)4/h5-8,13,16,32,40H,9-12,14-15H2,1-4H3,(H,35,39)(H2,31,33,38). The van der Waals surface area contributed by atoms with E-state index in [2.05, 4.69) is 28.0 Å². The van der Waals surface area contributed by atoms with Crippen LogP contribution >= 0.6 is 0 Å².